The quantitative estimate of drug-likeness (QED) is 0.930. The number of hydrogen-bond donors (Lipinski definition) is 1. The van der Waals surface area contributed by atoms with E-state index >= 15 is 0 Å². The van der Waals surface area contributed by atoms with E-state index in [1.807, 2.05) is 43.0 Å². The molecule has 0 bridgehead atoms. The molecule has 2 N–H and O–H groups in total. The van der Waals surface area contributed by atoms with Crippen LogP contribution in [0, 0.1) is 5.92 Å². The van der Waals surface area contributed by atoms with Gasteiger partial charge in [0.1, 0.15) is 5.75 Å². The summed E-state index contributed by atoms with van der Waals surface area (Å²) in [5, 5.41) is 0. The number of ether oxygens (including phenoxy) is 1. The van der Waals surface area contributed by atoms with Gasteiger partial charge in [-0.2, -0.15) is 0 Å². The number of piperidine rings is 1. The summed E-state index contributed by atoms with van der Waals surface area (Å²) < 4.78 is 5.55. The number of amides is 1. The molecule has 1 amide bonds. The third kappa shape index (κ3) is 4.35. The fraction of sp³-hybridized carbons (Fsp3) is 0.562. The Morgan fingerprint density at radius 1 is 1.48 bits per heavy atom. The molecule has 1 aromatic carbocycles. The highest BCUT2D eigenvalue weighted by Gasteiger charge is 2.27. The van der Waals surface area contributed by atoms with Crippen molar-refractivity contribution in [1.82, 2.24) is 4.90 Å². The topological polar surface area (TPSA) is 55.6 Å². The van der Waals surface area contributed by atoms with Gasteiger partial charge in [0.25, 0.3) is 5.91 Å². The zero-order valence-corrected chi connectivity index (χ0v) is 13.6. The van der Waals surface area contributed by atoms with Crippen LogP contribution in [0.25, 0.3) is 0 Å². The molecule has 0 aromatic heterocycles. The van der Waals surface area contributed by atoms with E-state index in [2.05, 4.69) is 0 Å². The molecule has 5 heteroatoms. The summed E-state index contributed by atoms with van der Waals surface area (Å²) in [5.41, 5.74) is 6.64. The van der Waals surface area contributed by atoms with Crippen molar-refractivity contribution in [3.05, 3.63) is 29.8 Å². The van der Waals surface area contributed by atoms with E-state index in [4.69, 9.17) is 10.5 Å². The minimum absolute atomic E-state index is 0. The molecular weight excluding hydrogens is 288 g/mol. The summed E-state index contributed by atoms with van der Waals surface area (Å²) in [4.78, 5) is 14.6. The van der Waals surface area contributed by atoms with Crippen molar-refractivity contribution >= 4 is 18.3 Å². The third-order valence-electron chi connectivity index (χ3n) is 3.91. The van der Waals surface area contributed by atoms with Crippen molar-refractivity contribution in [3.8, 4) is 5.75 Å². The number of benzene rings is 1. The monoisotopic (exact) mass is 312 g/mol. The number of para-hydroxylation sites is 1. The molecule has 1 aromatic rings. The number of hydrogen-bond acceptors (Lipinski definition) is 3. The van der Waals surface area contributed by atoms with Gasteiger partial charge in [-0.05, 0) is 44.7 Å². The van der Waals surface area contributed by atoms with Crippen molar-refractivity contribution in [2.45, 2.75) is 32.7 Å². The maximum Gasteiger partial charge on any atom is 0.257 e. The van der Waals surface area contributed by atoms with Crippen LogP contribution in [-0.2, 0) is 0 Å². The molecule has 21 heavy (non-hydrogen) atoms. The first-order chi connectivity index (χ1) is 9.63. The predicted molar refractivity (Wildman–Crippen MR) is 87.1 cm³/mol. The molecule has 0 radical (unpaired) electrons. The van der Waals surface area contributed by atoms with Gasteiger partial charge in [0.05, 0.1) is 12.2 Å². The number of nitrogens with two attached hydrogens (primary N) is 1. The Hall–Kier alpha value is -1.26. The Balaban J connectivity index is 0.00000220. The van der Waals surface area contributed by atoms with Crippen LogP contribution in [0.5, 0.6) is 5.75 Å². The lowest BCUT2D eigenvalue weighted by Crippen LogP contribution is -2.45. The highest BCUT2D eigenvalue weighted by molar-refractivity contribution is 5.97. The maximum absolute atomic E-state index is 12.7. The second-order valence-electron chi connectivity index (χ2n) is 5.44. The Morgan fingerprint density at radius 2 is 2.19 bits per heavy atom. The third-order valence-corrected chi connectivity index (χ3v) is 3.91. The van der Waals surface area contributed by atoms with E-state index in [1.165, 1.54) is 0 Å². The number of nitrogens with zero attached hydrogens (tertiary/aromatic N) is 1. The van der Waals surface area contributed by atoms with Crippen molar-refractivity contribution < 1.29 is 9.53 Å². The molecule has 0 spiro atoms. The predicted octanol–water partition coefficient (Wildman–Crippen LogP) is 2.71. The second-order valence-corrected chi connectivity index (χ2v) is 5.44. The lowest BCUT2D eigenvalue weighted by atomic mass is 9.92. The molecule has 1 aliphatic rings. The van der Waals surface area contributed by atoms with Crippen LogP contribution in [0.2, 0.25) is 0 Å². The molecule has 2 atom stereocenters. The Morgan fingerprint density at radius 3 is 2.86 bits per heavy atom. The summed E-state index contributed by atoms with van der Waals surface area (Å²) in [7, 11) is 0. The van der Waals surface area contributed by atoms with Crippen LogP contribution in [0.15, 0.2) is 24.3 Å². The van der Waals surface area contributed by atoms with Gasteiger partial charge in [-0.15, -0.1) is 12.4 Å². The Kier molecular flexibility index (Phi) is 6.99. The molecule has 1 aliphatic heterocycles. The van der Waals surface area contributed by atoms with Crippen molar-refractivity contribution in [1.29, 1.82) is 0 Å². The number of halogens is 1. The molecule has 2 unspecified atom stereocenters. The van der Waals surface area contributed by atoms with Gasteiger partial charge in [0, 0.05) is 19.1 Å². The van der Waals surface area contributed by atoms with Crippen LogP contribution in [0.4, 0.5) is 0 Å². The van der Waals surface area contributed by atoms with Gasteiger partial charge < -0.3 is 15.4 Å². The van der Waals surface area contributed by atoms with Gasteiger partial charge in [-0.25, -0.2) is 0 Å². The molecule has 118 valence electrons. The normalized spacial score (nSPS) is 19.6. The van der Waals surface area contributed by atoms with Crippen molar-refractivity contribution in [3.63, 3.8) is 0 Å². The molecule has 4 nitrogen and oxygen atoms in total. The van der Waals surface area contributed by atoms with E-state index in [9.17, 15) is 4.79 Å². The van der Waals surface area contributed by atoms with Crippen LogP contribution >= 0.6 is 12.4 Å². The lowest BCUT2D eigenvalue weighted by molar-refractivity contribution is 0.0657. The summed E-state index contributed by atoms with van der Waals surface area (Å²) in [5.74, 6) is 1.12. The highest BCUT2D eigenvalue weighted by atomic mass is 35.5. The SMILES string of the molecule is CCOc1ccccc1C(=O)N1CCCC(C(C)N)C1.Cl. The maximum atomic E-state index is 12.7. The van der Waals surface area contributed by atoms with E-state index in [1.54, 1.807) is 0 Å². The number of carbonyl (C=O) groups is 1. The molecule has 0 saturated carbocycles. The summed E-state index contributed by atoms with van der Waals surface area (Å²) in [6, 6.07) is 7.59. The molecular formula is C16H25ClN2O2. The fourth-order valence-corrected chi connectivity index (χ4v) is 2.72. The molecule has 1 saturated heterocycles. The zero-order valence-electron chi connectivity index (χ0n) is 12.7. The number of rotatable bonds is 4. The molecule has 2 rings (SSSR count). The van der Waals surface area contributed by atoms with Crippen LogP contribution in [-0.4, -0.2) is 36.5 Å². The van der Waals surface area contributed by atoms with E-state index in [-0.39, 0.29) is 24.4 Å². The zero-order chi connectivity index (χ0) is 14.5. The van der Waals surface area contributed by atoms with Crippen LogP contribution < -0.4 is 10.5 Å². The summed E-state index contributed by atoms with van der Waals surface area (Å²) in [6.07, 6.45) is 2.13. The molecule has 1 heterocycles. The van der Waals surface area contributed by atoms with Crippen LogP contribution in [0.1, 0.15) is 37.0 Å². The average molecular weight is 313 g/mol. The van der Waals surface area contributed by atoms with E-state index in [0.29, 0.717) is 23.8 Å². The van der Waals surface area contributed by atoms with Crippen molar-refractivity contribution in [2.24, 2.45) is 11.7 Å². The van der Waals surface area contributed by atoms with Gasteiger partial charge in [0.2, 0.25) is 0 Å². The summed E-state index contributed by atoms with van der Waals surface area (Å²) >= 11 is 0. The first-order valence-electron chi connectivity index (χ1n) is 7.40. The Bertz CT molecular complexity index is 465. The minimum Gasteiger partial charge on any atom is -0.493 e. The lowest BCUT2D eigenvalue weighted by Gasteiger charge is -2.34. The standard InChI is InChI=1S/C16H24N2O2.ClH/c1-3-20-15-9-5-4-8-14(15)16(19)18-10-6-7-13(11-18)12(2)17;/h4-5,8-9,12-13H,3,6-7,10-11,17H2,1-2H3;1H. The second kappa shape index (κ2) is 8.25. The van der Waals surface area contributed by atoms with Gasteiger partial charge in [-0.1, -0.05) is 12.1 Å². The highest BCUT2D eigenvalue weighted by Crippen LogP contribution is 2.24. The largest absolute Gasteiger partial charge is 0.493 e. The molecule has 1 fully saturated rings. The van der Waals surface area contributed by atoms with Gasteiger partial charge in [-0.3, -0.25) is 4.79 Å². The average Bonchev–Trinajstić information content (AvgIpc) is 2.47. The number of likely N-dealkylation sites (tertiary alicyclic amines) is 1. The van der Waals surface area contributed by atoms with Crippen molar-refractivity contribution in [2.75, 3.05) is 19.7 Å². The van der Waals surface area contributed by atoms with Gasteiger partial charge >= 0.3 is 0 Å². The Labute approximate surface area is 133 Å². The summed E-state index contributed by atoms with van der Waals surface area (Å²) in [6.45, 7) is 6.06. The molecule has 0 aliphatic carbocycles. The van der Waals surface area contributed by atoms with Crippen LogP contribution in [0.3, 0.4) is 0 Å². The minimum atomic E-state index is 0. The fourth-order valence-electron chi connectivity index (χ4n) is 2.72. The van der Waals surface area contributed by atoms with E-state index in [0.717, 1.165) is 25.9 Å². The first kappa shape index (κ1) is 17.8. The van der Waals surface area contributed by atoms with E-state index < -0.39 is 0 Å². The smallest absolute Gasteiger partial charge is 0.257 e. The first-order valence-corrected chi connectivity index (χ1v) is 7.40. The van der Waals surface area contributed by atoms with Gasteiger partial charge in [0.15, 0.2) is 0 Å². The number of carbonyl (C=O) groups excluding carboxylic acids is 1.